The van der Waals surface area contributed by atoms with Crippen LogP contribution in [0.2, 0.25) is 0 Å². The van der Waals surface area contributed by atoms with E-state index in [4.69, 9.17) is 0 Å². The van der Waals surface area contributed by atoms with Crippen LogP contribution in [0.5, 0.6) is 0 Å². The van der Waals surface area contributed by atoms with Crippen molar-refractivity contribution in [2.45, 2.75) is 38.8 Å². The maximum atomic E-state index is 12.9. The van der Waals surface area contributed by atoms with E-state index < -0.39 is 0 Å². The highest BCUT2D eigenvalue weighted by Crippen LogP contribution is 2.28. The molecule has 0 aromatic carbocycles. The van der Waals surface area contributed by atoms with Crippen LogP contribution < -0.4 is 5.56 Å². The summed E-state index contributed by atoms with van der Waals surface area (Å²) in [6.07, 6.45) is 2.44. The van der Waals surface area contributed by atoms with Crippen molar-refractivity contribution in [2.24, 2.45) is 5.92 Å². The number of rotatable bonds is 5. The van der Waals surface area contributed by atoms with Gasteiger partial charge in [-0.1, -0.05) is 6.07 Å². The summed E-state index contributed by atoms with van der Waals surface area (Å²) in [5, 5.41) is 0. The number of hydrogen-bond donors (Lipinski definition) is 0. The normalized spacial score (nSPS) is 22.6. The van der Waals surface area contributed by atoms with E-state index in [9.17, 15) is 14.4 Å². The number of aryl methyl sites for hydroxylation is 1. The lowest BCUT2D eigenvalue weighted by molar-refractivity contribution is -0.135. The Bertz CT molecular complexity index is 758. The number of aromatic nitrogens is 1. The van der Waals surface area contributed by atoms with Crippen LogP contribution >= 0.6 is 0 Å². The number of carbonyl (C=O) groups is 2. The van der Waals surface area contributed by atoms with Gasteiger partial charge in [0.1, 0.15) is 0 Å². The van der Waals surface area contributed by atoms with E-state index in [1.165, 1.54) is 6.07 Å². The van der Waals surface area contributed by atoms with Gasteiger partial charge in [-0.15, -0.1) is 0 Å². The molecule has 1 aromatic rings. The number of piperidine rings is 1. The van der Waals surface area contributed by atoms with Gasteiger partial charge in [0.2, 0.25) is 11.8 Å². The minimum absolute atomic E-state index is 0.0615. The quantitative estimate of drug-likeness (QED) is 0.755. The molecule has 27 heavy (non-hydrogen) atoms. The topological polar surface area (TPSA) is 65.9 Å². The van der Waals surface area contributed by atoms with Crippen molar-refractivity contribution < 1.29 is 9.59 Å². The van der Waals surface area contributed by atoms with Gasteiger partial charge in [0.25, 0.3) is 5.56 Å². The molecule has 148 valence electrons. The Labute approximate surface area is 160 Å². The van der Waals surface area contributed by atoms with Gasteiger partial charge in [0.05, 0.1) is 6.54 Å². The summed E-state index contributed by atoms with van der Waals surface area (Å²) in [6.45, 7) is 5.11. The minimum Gasteiger partial charge on any atom is -0.348 e. The molecule has 3 saturated heterocycles. The lowest BCUT2D eigenvalue weighted by atomic mass is 9.94. The second kappa shape index (κ2) is 8.25. The zero-order chi connectivity index (χ0) is 19.6. The van der Waals surface area contributed by atoms with Crippen molar-refractivity contribution >= 4 is 11.8 Å². The molecule has 2 bridgehead atoms. The van der Waals surface area contributed by atoms with Crippen LogP contribution in [0.4, 0.5) is 0 Å². The van der Waals surface area contributed by atoms with E-state index in [0.717, 1.165) is 38.2 Å². The highest BCUT2D eigenvalue weighted by molar-refractivity contribution is 5.78. The van der Waals surface area contributed by atoms with Crippen LogP contribution in [-0.2, 0) is 16.1 Å². The van der Waals surface area contributed by atoms with Gasteiger partial charge in [-0.2, -0.15) is 0 Å². The van der Waals surface area contributed by atoms with E-state index >= 15 is 0 Å². The zero-order valence-corrected chi connectivity index (χ0v) is 16.6. The first-order valence-electron chi connectivity index (χ1n) is 9.73. The number of likely N-dealkylation sites (N-methyl/N-ethyl adjacent to an activating group) is 1. The molecule has 2 amide bonds. The van der Waals surface area contributed by atoms with Crippen molar-refractivity contribution in [1.29, 1.82) is 0 Å². The number of fused-ring (bicyclic) bond motifs is 4. The van der Waals surface area contributed by atoms with Gasteiger partial charge < -0.3 is 14.4 Å². The van der Waals surface area contributed by atoms with Crippen molar-refractivity contribution in [2.75, 3.05) is 40.3 Å². The third kappa shape index (κ3) is 4.58. The van der Waals surface area contributed by atoms with Crippen LogP contribution in [0.15, 0.2) is 23.0 Å². The smallest absolute Gasteiger partial charge is 0.250 e. The molecule has 1 aromatic heterocycles. The van der Waals surface area contributed by atoms with Crippen LogP contribution in [0.1, 0.15) is 25.0 Å². The van der Waals surface area contributed by atoms with E-state index in [1.807, 2.05) is 17.9 Å². The van der Waals surface area contributed by atoms with Crippen molar-refractivity contribution in [1.82, 2.24) is 19.3 Å². The Morgan fingerprint density at radius 2 is 1.93 bits per heavy atom. The molecular weight excluding hydrogens is 344 g/mol. The Morgan fingerprint density at radius 3 is 2.63 bits per heavy atom. The fraction of sp³-hybridized carbons (Fsp3) is 0.650. The van der Waals surface area contributed by atoms with E-state index in [2.05, 4.69) is 4.90 Å². The monoisotopic (exact) mass is 374 g/mol. The summed E-state index contributed by atoms with van der Waals surface area (Å²) in [7, 11) is 3.55. The molecule has 3 aliphatic rings. The van der Waals surface area contributed by atoms with E-state index in [-0.39, 0.29) is 23.4 Å². The largest absolute Gasteiger partial charge is 0.348 e. The summed E-state index contributed by atoms with van der Waals surface area (Å²) in [6, 6.07) is 5.33. The van der Waals surface area contributed by atoms with E-state index in [1.54, 1.807) is 29.6 Å². The number of carbonyl (C=O) groups excluding carboxylic acids is 2. The second-order valence-electron chi connectivity index (χ2n) is 8.03. The summed E-state index contributed by atoms with van der Waals surface area (Å²) in [5.41, 5.74) is 0.814. The summed E-state index contributed by atoms with van der Waals surface area (Å²) in [4.78, 5) is 42.8. The summed E-state index contributed by atoms with van der Waals surface area (Å²) < 4.78 is 1.66. The molecule has 7 nitrogen and oxygen atoms in total. The number of hydrogen-bond acceptors (Lipinski definition) is 4. The van der Waals surface area contributed by atoms with Crippen LogP contribution in [0.3, 0.4) is 0 Å². The first kappa shape index (κ1) is 19.6. The Kier molecular flexibility index (Phi) is 5.99. The van der Waals surface area contributed by atoms with Gasteiger partial charge in [-0.25, -0.2) is 0 Å². The zero-order valence-electron chi connectivity index (χ0n) is 16.6. The molecule has 2 atom stereocenters. The van der Waals surface area contributed by atoms with Crippen molar-refractivity contribution in [3.63, 3.8) is 0 Å². The van der Waals surface area contributed by atoms with E-state index in [0.29, 0.717) is 25.4 Å². The summed E-state index contributed by atoms with van der Waals surface area (Å²) >= 11 is 0. The number of amides is 2. The lowest BCUT2D eigenvalue weighted by Gasteiger charge is -2.36. The van der Waals surface area contributed by atoms with Crippen LogP contribution in [-0.4, -0.2) is 77.4 Å². The molecule has 0 aliphatic carbocycles. The molecule has 0 spiro atoms. The molecule has 7 heteroatoms. The molecule has 0 saturated carbocycles. The highest BCUT2D eigenvalue weighted by Gasteiger charge is 2.37. The second-order valence-corrected chi connectivity index (χ2v) is 8.03. The SMILES string of the molecule is Cc1cccc(=O)n1CCC(=O)N1C[C@H]2CC[C@@H]1CN(CC(=O)N(C)C)C2. The minimum atomic E-state index is -0.0615. The maximum Gasteiger partial charge on any atom is 0.250 e. The lowest BCUT2D eigenvalue weighted by Crippen LogP contribution is -2.48. The summed E-state index contributed by atoms with van der Waals surface area (Å²) in [5.74, 6) is 0.637. The first-order valence-corrected chi connectivity index (χ1v) is 9.73. The van der Waals surface area contributed by atoms with Crippen LogP contribution in [0.25, 0.3) is 0 Å². The molecule has 3 aliphatic heterocycles. The molecule has 0 unspecified atom stereocenters. The Hall–Kier alpha value is -2.15. The van der Waals surface area contributed by atoms with Gasteiger partial charge >= 0.3 is 0 Å². The Morgan fingerprint density at radius 1 is 1.15 bits per heavy atom. The molecule has 4 heterocycles. The third-order valence-corrected chi connectivity index (χ3v) is 5.78. The predicted molar refractivity (Wildman–Crippen MR) is 103 cm³/mol. The fourth-order valence-electron chi connectivity index (χ4n) is 4.21. The average Bonchev–Trinajstić information content (AvgIpc) is 2.91. The highest BCUT2D eigenvalue weighted by atomic mass is 16.2. The molecule has 4 rings (SSSR count). The molecule has 0 N–H and O–H groups in total. The maximum absolute atomic E-state index is 12.9. The molecular formula is C20H30N4O3. The standard InChI is InChI=1S/C20H30N4O3/c1-15-5-4-6-18(25)23(15)10-9-19(26)24-12-16-7-8-17(24)13-22(11-16)14-20(27)21(2)3/h4-6,16-17H,7-14H2,1-3H3/t16-,17+/m0/s1. The average molecular weight is 374 g/mol. The van der Waals surface area contributed by atoms with Crippen molar-refractivity contribution in [3.05, 3.63) is 34.2 Å². The van der Waals surface area contributed by atoms with Gasteiger partial charge in [0.15, 0.2) is 0 Å². The van der Waals surface area contributed by atoms with Gasteiger partial charge in [0, 0.05) is 64.5 Å². The van der Waals surface area contributed by atoms with Crippen LogP contribution in [0, 0.1) is 12.8 Å². The third-order valence-electron chi connectivity index (χ3n) is 5.78. The van der Waals surface area contributed by atoms with Gasteiger partial charge in [-0.05, 0) is 31.7 Å². The first-order chi connectivity index (χ1) is 12.8. The predicted octanol–water partition coefficient (Wildman–Crippen LogP) is 0.558. The fourth-order valence-corrected chi connectivity index (χ4v) is 4.21. The van der Waals surface area contributed by atoms with Gasteiger partial charge in [-0.3, -0.25) is 19.3 Å². The Balaban J connectivity index is 1.63. The number of nitrogens with zero attached hydrogens (tertiary/aromatic N) is 4. The molecule has 3 fully saturated rings. The molecule has 0 radical (unpaired) electrons. The van der Waals surface area contributed by atoms with Crippen molar-refractivity contribution in [3.8, 4) is 0 Å². The number of pyridine rings is 1.